The second-order valence-electron chi connectivity index (χ2n) is 4.43. The summed E-state index contributed by atoms with van der Waals surface area (Å²) in [6.07, 6.45) is 3.63. The van der Waals surface area contributed by atoms with E-state index in [-0.39, 0.29) is 6.42 Å². The van der Waals surface area contributed by atoms with Crippen molar-refractivity contribution in [2.45, 2.75) is 32.1 Å². The SMILES string of the molecule is O=C([O-])CCCCCc1ccc2ccccc2n1. The van der Waals surface area contributed by atoms with E-state index in [0.29, 0.717) is 6.42 Å². The van der Waals surface area contributed by atoms with Gasteiger partial charge in [-0.1, -0.05) is 30.7 Å². The summed E-state index contributed by atoms with van der Waals surface area (Å²) >= 11 is 0. The molecular weight excluding hydrogens is 226 g/mol. The number of para-hydroxylation sites is 1. The summed E-state index contributed by atoms with van der Waals surface area (Å²) < 4.78 is 0. The van der Waals surface area contributed by atoms with E-state index in [4.69, 9.17) is 0 Å². The molecule has 0 aliphatic rings. The summed E-state index contributed by atoms with van der Waals surface area (Å²) in [5.41, 5.74) is 2.09. The number of carbonyl (C=O) groups is 1. The molecule has 18 heavy (non-hydrogen) atoms. The number of hydrogen-bond donors (Lipinski definition) is 0. The van der Waals surface area contributed by atoms with Crippen LogP contribution in [-0.4, -0.2) is 11.0 Å². The van der Waals surface area contributed by atoms with Crippen molar-refractivity contribution in [2.24, 2.45) is 0 Å². The van der Waals surface area contributed by atoms with Crippen molar-refractivity contribution >= 4 is 16.9 Å². The fourth-order valence-electron chi connectivity index (χ4n) is 2.00. The predicted molar refractivity (Wildman–Crippen MR) is 68.9 cm³/mol. The second-order valence-corrected chi connectivity index (χ2v) is 4.43. The van der Waals surface area contributed by atoms with Gasteiger partial charge < -0.3 is 9.90 Å². The van der Waals surface area contributed by atoms with Crippen LogP contribution in [0.25, 0.3) is 10.9 Å². The molecule has 1 aromatic carbocycles. The van der Waals surface area contributed by atoms with Gasteiger partial charge in [0.1, 0.15) is 0 Å². The zero-order valence-corrected chi connectivity index (χ0v) is 10.3. The number of nitrogens with zero attached hydrogens (tertiary/aromatic N) is 1. The molecule has 0 bridgehead atoms. The smallest absolute Gasteiger partial charge is 0.0705 e. The van der Waals surface area contributed by atoms with E-state index in [2.05, 4.69) is 11.1 Å². The van der Waals surface area contributed by atoms with Crippen LogP contribution in [0.4, 0.5) is 0 Å². The Morgan fingerprint density at radius 1 is 1.06 bits per heavy atom. The molecule has 2 rings (SSSR count). The first kappa shape index (κ1) is 12.6. The molecule has 0 spiro atoms. The van der Waals surface area contributed by atoms with Crippen LogP contribution in [-0.2, 0) is 11.2 Å². The molecule has 3 heteroatoms. The monoisotopic (exact) mass is 242 g/mol. The Morgan fingerprint density at radius 2 is 1.89 bits per heavy atom. The van der Waals surface area contributed by atoms with Crippen molar-refractivity contribution in [3.8, 4) is 0 Å². The van der Waals surface area contributed by atoms with Crippen molar-refractivity contribution in [1.82, 2.24) is 4.98 Å². The molecule has 0 aliphatic carbocycles. The number of carboxylic acid groups (broad SMARTS) is 1. The Balaban J connectivity index is 1.86. The third-order valence-electron chi connectivity index (χ3n) is 2.97. The van der Waals surface area contributed by atoms with Gasteiger partial charge in [0.25, 0.3) is 0 Å². The summed E-state index contributed by atoms with van der Waals surface area (Å²) in [7, 11) is 0. The van der Waals surface area contributed by atoms with Crippen LogP contribution >= 0.6 is 0 Å². The Kier molecular flexibility index (Phi) is 4.29. The number of aromatic nitrogens is 1. The first-order chi connectivity index (χ1) is 8.75. The lowest BCUT2D eigenvalue weighted by Crippen LogP contribution is -2.21. The lowest BCUT2D eigenvalue weighted by atomic mass is 10.1. The van der Waals surface area contributed by atoms with Gasteiger partial charge in [-0.05, 0) is 37.8 Å². The summed E-state index contributed by atoms with van der Waals surface area (Å²) in [6, 6.07) is 12.2. The quantitative estimate of drug-likeness (QED) is 0.729. The highest BCUT2D eigenvalue weighted by Crippen LogP contribution is 2.13. The zero-order chi connectivity index (χ0) is 12.8. The molecule has 0 saturated heterocycles. The highest BCUT2D eigenvalue weighted by Gasteiger charge is 1.98. The summed E-state index contributed by atoms with van der Waals surface area (Å²) in [5, 5.41) is 11.4. The zero-order valence-electron chi connectivity index (χ0n) is 10.3. The van der Waals surface area contributed by atoms with Gasteiger partial charge in [-0.2, -0.15) is 0 Å². The predicted octanol–water partition coefficient (Wildman–Crippen LogP) is 2.09. The van der Waals surface area contributed by atoms with E-state index in [1.807, 2.05) is 30.3 Å². The van der Waals surface area contributed by atoms with Gasteiger partial charge >= 0.3 is 0 Å². The van der Waals surface area contributed by atoms with E-state index >= 15 is 0 Å². The topological polar surface area (TPSA) is 53.0 Å². The van der Waals surface area contributed by atoms with Crippen LogP contribution < -0.4 is 5.11 Å². The highest BCUT2D eigenvalue weighted by atomic mass is 16.4. The lowest BCUT2D eigenvalue weighted by molar-refractivity contribution is -0.305. The summed E-state index contributed by atoms with van der Waals surface area (Å²) in [4.78, 5) is 14.8. The maximum atomic E-state index is 10.3. The maximum Gasteiger partial charge on any atom is 0.0705 e. The fraction of sp³-hybridized carbons (Fsp3) is 0.333. The molecule has 94 valence electrons. The number of pyridine rings is 1. The Morgan fingerprint density at radius 3 is 2.72 bits per heavy atom. The standard InChI is InChI=1S/C15H17NO2/c17-15(18)9-3-1-2-7-13-11-10-12-6-4-5-8-14(12)16-13/h4-6,8,10-11H,1-3,7,9H2,(H,17,18)/p-1. The molecule has 0 atom stereocenters. The van der Waals surface area contributed by atoms with E-state index in [1.165, 1.54) is 0 Å². The number of unbranched alkanes of at least 4 members (excludes halogenated alkanes) is 2. The molecule has 0 amide bonds. The van der Waals surface area contributed by atoms with E-state index in [0.717, 1.165) is 35.9 Å². The van der Waals surface area contributed by atoms with Gasteiger partial charge in [0, 0.05) is 17.0 Å². The molecule has 0 radical (unpaired) electrons. The number of carbonyl (C=O) groups excluding carboxylic acids is 1. The van der Waals surface area contributed by atoms with Crippen LogP contribution in [0.5, 0.6) is 0 Å². The van der Waals surface area contributed by atoms with Gasteiger partial charge in [0.05, 0.1) is 5.52 Å². The third-order valence-corrected chi connectivity index (χ3v) is 2.97. The number of benzene rings is 1. The van der Waals surface area contributed by atoms with Crippen molar-refractivity contribution in [2.75, 3.05) is 0 Å². The minimum absolute atomic E-state index is 0.158. The van der Waals surface area contributed by atoms with Crippen LogP contribution in [0.15, 0.2) is 36.4 Å². The van der Waals surface area contributed by atoms with E-state index in [9.17, 15) is 9.90 Å². The van der Waals surface area contributed by atoms with Crippen molar-refractivity contribution in [3.63, 3.8) is 0 Å². The largest absolute Gasteiger partial charge is 0.550 e. The molecule has 0 aliphatic heterocycles. The molecule has 1 heterocycles. The van der Waals surface area contributed by atoms with E-state index < -0.39 is 5.97 Å². The van der Waals surface area contributed by atoms with Crippen LogP contribution in [0.3, 0.4) is 0 Å². The minimum atomic E-state index is -0.959. The average molecular weight is 242 g/mol. The lowest BCUT2D eigenvalue weighted by Gasteiger charge is -2.04. The number of fused-ring (bicyclic) bond motifs is 1. The normalized spacial score (nSPS) is 10.7. The number of rotatable bonds is 6. The first-order valence-corrected chi connectivity index (χ1v) is 6.30. The van der Waals surface area contributed by atoms with Gasteiger partial charge in [0.15, 0.2) is 0 Å². The molecule has 0 unspecified atom stereocenters. The minimum Gasteiger partial charge on any atom is -0.550 e. The van der Waals surface area contributed by atoms with Crippen molar-refractivity contribution in [1.29, 1.82) is 0 Å². The Hall–Kier alpha value is -1.90. The van der Waals surface area contributed by atoms with Gasteiger partial charge in [-0.15, -0.1) is 0 Å². The number of carboxylic acids is 1. The molecule has 2 aromatic rings. The summed E-state index contributed by atoms with van der Waals surface area (Å²) in [5.74, 6) is -0.959. The van der Waals surface area contributed by atoms with Crippen LogP contribution in [0, 0.1) is 0 Å². The maximum absolute atomic E-state index is 10.3. The number of aliphatic carboxylic acids is 1. The molecule has 0 fully saturated rings. The molecule has 0 N–H and O–H groups in total. The van der Waals surface area contributed by atoms with Gasteiger partial charge in [0.2, 0.25) is 0 Å². The molecule has 3 nitrogen and oxygen atoms in total. The first-order valence-electron chi connectivity index (χ1n) is 6.30. The number of hydrogen-bond acceptors (Lipinski definition) is 3. The molecular formula is C15H16NO2-. The van der Waals surface area contributed by atoms with Gasteiger partial charge in [-0.25, -0.2) is 0 Å². The van der Waals surface area contributed by atoms with E-state index in [1.54, 1.807) is 0 Å². The number of aryl methyl sites for hydroxylation is 1. The Labute approximate surface area is 106 Å². The van der Waals surface area contributed by atoms with Crippen LogP contribution in [0.2, 0.25) is 0 Å². The van der Waals surface area contributed by atoms with Crippen LogP contribution in [0.1, 0.15) is 31.4 Å². The van der Waals surface area contributed by atoms with Crippen molar-refractivity contribution < 1.29 is 9.90 Å². The average Bonchev–Trinajstić information content (AvgIpc) is 2.38. The van der Waals surface area contributed by atoms with Gasteiger partial charge in [-0.3, -0.25) is 4.98 Å². The summed E-state index contributed by atoms with van der Waals surface area (Å²) in [6.45, 7) is 0. The third kappa shape index (κ3) is 3.55. The highest BCUT2D eigenvalue weighted by molar-refractivity contribution is 5.78. The Bertz CT molecular complexity index is 537. The molecule has 0 saturated carbocycles. The second kappa shape index (κ2) is 6.15. The van der Waals surface area contributed by atoms with Crippen molar-refractivity contribution in [3.05, 3.63) is 42.1 Å². The fourth-order valence-corrected chi connectivity index (χ4v) is 2.00. The molecule has 1 aromatic heterocycles.